The van der Waals surface area contributed by atoms with E-state index in [1.165, 1.54) is 0 Å². The Kier molecular flexibility index (Phi) is 2.68. The molecule has 1 saturated carbocycles. The lowest BCUT2D eigenvalue weighted by Gasteiger charge is -2.43. The van der Waals surface area contributed by atoms with Crippen LogP contribution in [0.25, 0.3) is 11.0 Å². The molecule has 1 aromatic heterocycles. The molecule has 96 valence electrons. The Balaban J connectivity index is 2.01. The molecule has 1 aliphatic carbocycles. The molecule has 1 atom stereocenters. The fourth-order valence-electron chi connectivity index (χ4n) is 2.74. The molecular weight excluding hydrogens is 228 g/mol. The van der Waals surface area contributed by atoms with Crippen molar-refractivity contribution in [1.29, 1.82) is 0 Å². The van der Waals surface area contributed by atoms with E-state index in [9.17, 15) is 5.11 Å². The lowest BCUT2D eigenvalue weighted by molar-refractivity contribution is -0.157. The van der Waals surface area contributed by atoms with Crippen LogP contribution in [0.2, 0.25) is 0 Å². The standard InChI is InChI=1S/C15H18O3/c1-10-5-3-6-11-9-12(18-13(10)11)14(16)15(17-2)7-4-8-15/h3,5-6,9,14,16H,4,7-8H2,1-2H3. The van der Waals surface area contributed by atoms with Crippen LogP contribution in [0.1, 0.15) is 36.7 Å². The molecule has 0 spiro atoms. The highest BCUT2D eigenvalue weighted by Crippen LogP contribution is 2.45. The first-order chi connectivity index (χ1) is 8.66. The summed E-state index contributed by atoms with van der Waals surface area (Å²) in [7, 11) is 1.66. The third-order valence-electron chi connectivity index (χ3n) is 4.13. The molecule has 3 heteroatoms. The van der Waals surface area contributed by atoms with Gasteiger partial charge in [0.05, 0.1) is 0 Å². The molecule has 1 heterocycles. The topological polar surface area (TPSA) is 42.6 Å². The zero-order chi connectivity index (χ0) is 12.8. The minimum absolute atomic E-state index is 0.443. The van der Waals surface area contributed by atoms with Gasteiger partial charge in [0.15, 0.2) is 0 Å². The second kappa shape index (κ2) is 4.11. The van der Waals surface area contributed by atoms with Crippen molar-refractivity contribution in [2.75, 3.05) is 7.11 Å². The van der Waals surface area contributed by atoms with Gasteiger partial charge in [0, 0.05) is 12.5 Å². The average molecular weight is 246 g/mol. The van der Waals surface area contributed by atoms with Crippen LogP contribution in [0.4, 0.5) is 0 Å². The zero-order valence-electron chi connectivity index (χ0n) is 10.8. The van der Waals surface area contributed by atoms with Crippen LogP contribution < -0.4 is 0 Å². The number of para-hydroxylation sites is 1. The van der Waals surface area contributed by atoms with Gasteiger partial charge < -0.3 is 14.3 Å². The summed E-state index contributed by atoms with van der Waals surface area (Å²) in [6.07, 6.45) is 2.20. The van der Waals surface area contributed by atoms with Gasteiger partial charge in [-0.3, -0.25) is 0 Å². The highest BCUT2D eigenvalue weighted by Gasteiger charge is 2.46. The minimum atomic E-state index is -0.678. The predicted molar refractivity (Wildman–Crippen MR) is 69.5 cm³/mol. The quantitative estimate of drug-likeness (QED) is 0.903. The maximum atomic E-state index is 10.5. The summed E-state index contributed by atoms with van der Waals surface area (Å²) in [4.78, 5) is 0. The zero-order valence-corrected chi connectivity index (χ0v) is 10.8. The summed E-state index contributed by atoms with van der Waals surface area (Å²) in [5.74, 6) is 0.612. The van der Waals surface area contributed by atoms with Crippen LogP contribution in [0.5, 0.6) is 0 Å². The molecule has 1 N–H and O–H groups in total. The van der Waals surface area contributed by atoms with Crippen molar-refractivity contribution in [2.45, 2.75) is 37.9 Å². The molecule has 0 bridgehead atoms. The number of aliphatic hydroxyl groups is 1. The van der Waals surface area contributed by atoms with Gasteiger partial charge in [0.1, 0.15) is 23.0 Å². The Morgan fingerprint density at radius 2 is 2.17 bits per heavy atom. The number of benzene rings is 1. The average Bonchev–Trinajstić information content (AvgIpc) is 2.73. The van der Waals surface area contributed by atoms with Crippen molar-refractivity contribution >= 4 is 11.0 Å². The van der Waals surface area contributed by atoms with Gasteiger partial charge in [-0.15, -0.1) is 0 Å². The number of ether oxygens (including phenoxy) is 1. The highest BCUT2D eigenvalue weighted by molar-refractivity contribution is 5.81. The first-order valence-corrected chi connectivity index (χ1v) is 6.38. The molecule has 18 heavy (non-hydrogen) atoms. The molecular formula is C15H18O3. The predicted octanol–water partition coefficient (Wildman–Crippen LogP) is 3.34. The van der Waals surface area contributed by atoms with Crippen LogP contribution in [0.15, 0.2) is 28.7 Å². The number of rotatable bonds is 3. The lowest BCUT2D eigenvalue weighted by Crippen LogP contribution is -2.44. The van der Waals surface area contributed by atoms with Crippen LogP contribution in [0, 0.1) is 6.92 Å². The van der Waals surface area contributed by atoms with E-state index >= 15 is 0 Å². The Morgan fingerprint density at radius 3 is 2.72 bits per heavy atom. The first kappa shape index (κ1) is 11.8. The molecule has 1 unspecified atom stereocenters. The third-order valence-corrected chi connectivity index (χ3v) is 4.13. The second-order valence-electron chi connectivity index (χ2n) is 5.17. The van der Waals surface area contributed by atoms with Gasteiger partial charge in [-0.1, -0.05) is 18.2 Å². The Morgan fingerprint density at radius 1 is 1.39 bits per heavy atom. The highest BCUT2D eigenvalue weighted by atomic mass is 16.5. The lowest BCUT2D eigenvalue weighted by atomic mass is 9.75. The molecule has 3 rings (SSSR count). The van der Waals surface area contributed by atoms with Crippen molar-refractivity contribution in [3.8, 4) is 0 Å². The normalized spacial score (nSPS) is 19.7. The van der Waals surface area contributed by atoms with E-state index in [2.05, 4.69) is 0 Å². The van der Waals surface area contributed by atoms with E-state index in [1.54, 1.807) is 7.11 Å². The Labute approximate surface area is 106 Å². The van der Waals surface area contributed by atoms with E-state index in [1.807, 2.05) is 31.2 Å². The second-order valence-corrected chi connectivity index (χ2v) is 5.17. The Bertz CT molecular complexity index is 561. The fraction of sp³-hybridized carbons (Fsp3) is 0.467. The third kappa shape index (κ3) is 1.58. The van der Waals surface area contributed by atoms with Gasteiger partial charge in [-0.05, 0) is 37.8 Å². The SMILES string of the molecule is COC1(C(O)c2cc3cccc(C)c3o2)CCC1. The number of hydrogen-bond acceptors (Lipinski definition) is 3. The maximum Gasteiger partial charge on any atom is 0.140 e. The number of aryl methyl sites for hydroxylation is 1. The fourth-order valence-corrected chi connectivity index (χ4v) is 2.74. The van der Waals surface area contributed by atoms with Crippen LogP contribution in [-0.2, 0) is 4.74 Å². The van der Waals surface area contributed by atoms with Gasteiger partial charge in [0.25, 0.3) is 0 Å². The molecule has 2 aromatic rings. The first-order valence-electron chi connectivity index (χ1n) is 6.38. The van der Waals surface area contributed by atoms with Crippen LogP contribution in [-0.4, -0.2) is 17.8 Å². The monoisotopic (exact) mass is 246 g/mol. The van der Waals surface area contributed by atoms with Crippen molar-refractivity contribution < 1.29 is 14.3 Å². The summed E-state index contributed by atoms with van der Waals surface area (Å²) < 4.78 is 11.3. The molecule has 0 aliphatic heterocycles. The number of methoxy groups -OCH3 is 1. The van der Waals surface area contributed by atoms with Crippen LogP contribution in [0.3, 0.4) is 0 Å². The molecule has 1 fully saturated rings. The van der Waals surface area contributed by atoms with Gasteiger partial charge in [-0.2, -0.15) is 0 Å². The van der Waals surface area contributed by atoms with Crippen molar-refractivity contribution in [3.63, 3.8) is 0 Å². The summed E-state index contributed by atoms with van der Waals surface area (Å²) in [5, 5.41) is 11.5. The molecule has 0 saturated heterocycles. The van der Waals surface area contributed by atoms with Gasteiger partial charge in [0.2, 0.25) is 0 Å². The number of fused-ring (bicyclic) bond motifs is 1. The van der Waals surface area contributed by atoms with Gasteiger partial charge in [-0.25, -0.2) is 0 Å². The van der Waals surface area contributed by atoms with E-state index in [0.29, 0.717) is 5.76 Å². The molecule has 3 nitrogen and oxygen atoms in total. The van der Waals surface area contributed by atoms with E-state index in [4.69, 9.17) is 9.15 Å². The largest absolute Gasteiger partial charge is 0.458 e. The van der Waals surface area contributed by atoms with E-state index < -0.39 is 11.7 Å². The van der Waals surface area contributed by atoms with E-state index in [0.717, 1.165) is 35.8 Å². The molecule has 1 aromatic carbocycles. The van der Waals surface area contributed by atoms with Crippen molar-refractivity contribution in [1.82, 2.24) is 0 Å². The summed E-state index contributed by atoms with van der Waals surface area (Å²) in [5.41, 5.74) is 1.50. The number of hydrogen-bond donors (Lipinski definition) is 1. The number of furan rings is 1. The van der Waals surface area contributed by atoms with Gasteiger partial charge >= 0.3 is 0 Å². The summed E-state index contributed by atoms with van der Waals surface area (Å²) in [6, 6.07) is 7.94. The maximum absolute atomic E-state index is 10.5. The summed E-state index contributed by atoms with van der Waals surface area (Å²) in [6.45, 7) is 2.01. The number of aliphatic hydroxyl groups excluding tert-OH is 1. The molecule has 0 radical (unpaired) electrons. The summed E-state index contributed by atoms with van der Waals surface area (Å²) >= 11 is 0. The Hall–Kier alpha value is -1.32. The van der Waals surface area contributed by atoms with Crippen molar-refractivity contribution in [3.05, 3.63) is 35.6 Å². The molecule has 0 amide bonds. The van der Waals surface area contributed by atoms with Crippen molar-refractivity contribution in [2.24, 2.45) is 0 Å². The molecule has 1 aliphatic rings. The van der Waals surface area contributed by atoms with Crippen LogP contribution >= 0.6 is 0 Å². The smallest absolute Gasteiger partial charge is 0.140 e. The minimum Gasteiger partial charge on any atom is -0.458 e. The van der Waals surface area contributed by atoms with E-state index in [-0.39, 0.29) is 0 Å².